The lowest BCUT2D eigenvalue weighted by Gasteiger charge is -2.29. The van der Waals surface area contributed by atoms with E-state index in [-0.39, 0.29) is 0 Å². The van der Waals surface area contributed by atoms with Gasteiger partial charge < -0.3 is 15.7 Å². The number of guanidine groups is 1. The van der Waals surface area contributed by atoms with Crippen molar-refractivity contribution in [2.75, 3.05) is 32.7 Å². The third kappa shape index (κ3) is 5.56. The average molecular weight is 401 g/mol. The molecule has 1 aliphatic heterocycles. The quantitative estimate of drug-likeness (QED) is 0.470. The van der Waals surface area contributed by atoms with Crippen LogP contribution in [0.15, 0.2) is 52.2 Å². The van der Waals surface area contributed by atoms with Crippen LogP contribution in [0.4, 0.5) is 0 Å². The average Bonchev–Trinajstić information content (AvgIpc) is 3.41. The first-order valence-electron chi connectivity index (χ1n) is 10.2. The smallest absolute Gasteiger partial charge is 0.191 e. The molecule has 0 radical (unpaired) electrons. The Balaban J connectivity index is 1.68. The van der Waals surface area contributed by atoms with E-state index in [1.54, 1.807) is 11.3 Å². The van der Waals surface area contributed by atoms with Crippen LogP contribution in [0.2, 0.25) is 0 Å². The minimum Gasteiger partial charge on any atom is -0.383 e. The predicted molar refractivity (Wildman–Crippen MR) is 118 cm³/mol. The molecule has 6 heteroatoms. The van der Waals surface area contributed by atoms with Gasteiger partial charge in [0.1, 0.15) is 5.60 Å². The molecule has 0 amide bonds. The zero-order chi connectivity index (χ0) is 19.8. The molecule has 1 aromatic heterocycles. The van der Waals surface area contributed by atoms with E-state index in [1.807, 2.05) is 23.8 Å². The Morgan fingerprint density at radius 3 is 2.61 bits per heavy atom. The van der Waals surface area contributed by atoms with Crippen molar-refractivity contribution in [3.63, 3.8) is 0 Å². The van der Waals surface area contributed by atoms with Crippen molar-refractivity contribution in [2.24, 2.45) is 4.99 Å². The van der Waals surface area contributed by atoms with E-state index >= 15 is 0 Å². The molecule has 1 aromatic carbocycles. The predicted octanol–water partition coefficient (Wildman–Crippen LogP) is 3.35. The van der Waals surface area contributed by atoms with Gasteiger partial charge in [-0.25, -0.2) is 4.99 Å². The number of thiophene rings is 1. The highest BCUT2D eigenvalue weighted by Gasteiger charge is 2.25. The van der Waals surface area contributed by atoms with Gasteiger partial charge in [-0.05, 0) is 67.7 Å². The summed E-state index contributed by atoms with van der Waals surface area (Å²) in [6.07, 6.45) is 2.53. The summed E-state index contributed by atoms with van der Waals surface area (Å²) in [7, 11) is 0. The summed E-state index contributed by atoms with van der Waals surface area (Å²) >= 11 is 1.59. The van der Waals surface area contributed by atoms with Crippen molar-refractivity contribution < 1.29 is 5.11 Å². The summed E-state index contributed by atoms with van der Waals surface area (Å²) in [5, 5.41) is 21.5. The van der Waals surface area contributed by atoms with Crippen LogP contribution in [-0.2, 0) is 5.60 Å². The second kappa shape index (κ2) is 10.0. The van der Waals surface area contributed by atoms with Gasteiger partial charge in [0.25, 0.3) is 0 Å². The minimum absolute atomic E-state index is 0.318. The first-order chi connectivity index (χ1) is 13.6. The maximum atomic E-state index is 10.8. The molecule has 0 aliphatic carbocycles. The molecule has 3 N–H and O–H groups in total. The van der Waals surface area contributed by atoms with Crippen molar-refractivity contribution in [1.82, 2.24) is 15.5 Å². The van der Waals surface area contributed by atoms with E-state index in [9.17, 15) is 5.11 Å². The third-order valence-corrected chi connectivity index (χ3v) is 5.94. The highest BCUT2D eigenvalue weighted by atomic mass is 32.1. The summed E-state index contributed by atoms with van der Waals surface area (Å²) < 4.78 is 0. The Morgan fingerprint density at radius 2 is 1.96 bits per heavy atom. The van der Waals surface area contributed by atoms with E-state index in [0.29, 0.717) is 12.6 Å². The molecule has 0 saturated carbocycles. The zero-order valence-corrected chi connectivity index (χ0v) is 17.7. The number of hydrogen-bond donors (Lipinski definition) is 3. The molecule has 2 atom stereocenters. The maximum absolute atomic E-state index is 10.8. The van der Waals surface area contributed by atoms with E-state index < -0.39 is 5.60 Å². The molecular formula is C22H32N4OS. The van der Waals surface area contributed by atoms with Crippen molar-refractivity contribution in [1.29, 1.82) is 0 Å². The summed E-state index contributed by atoms with van der Waals surface area (Å²) in [4.78, 5) is 7.21. The van der Waals surface area contributed by atoms with Crippen LogP contribution in [0.3, 0.4) is 0 Å². The second-order valence-electron chi connectivity index (χ2n) is 7.53. The van der Waals surface area contributed by atoms with Gasteiger partial charge in [-0.3, -0.25) is 4.90 Å². The fourth-order valence-electron chi connectivity index (χ4n) is 3.62. The highest BCUT2D eigenvalue weighted by Crippen LogP contribution is 2.25. The van der Waals surface area contributed by atoms with Crippen molar-refractivity contribution in [3.05, 3.63) is 58.3 Å². The molecule has 1 saturated heterocycles. The molecular weight excluding hydrogens is 368 g/mol. The molecule has 1 aliphatic rings. The van der Waals surface area contributed by atoms with Gasteiger partial charge in [0.2, 0.25) is 0 Å². The molecule has 3 rings (SSSR count). The molecule has 5 nitrogen and oxygen atoms in total. The van der Waals surface area contributed by atoms with Gasteiger partial charge in [-0.1, -0.05) is 30.3 Å². The van der Waals surface area contributed by atoms with Crippen LogP contribution in [0.1, 0.15) is 43.9 Å². The van der Waals surface area contributed by atoms with Gasteiger partial charge in [-0.2, -0.15) is 11.3 Å². The van der Waals surface area contributed by atoms with Gasteiger partial charge >= 0.3 is 0 Å². The number of nitrogens with zero attached hydrogens (tertiary/aromatic N) is 2. The zero-order valence-electron chi connectivity index (χ0n) is 16.9. The Hall–Kier alpha value is -1.89. The normalized spacial score (nSPS) is 18.6. The first-order valence-corrected chi connectivity index (χ1v) is 11.1. The number of aliphatic hydroxyl groups is 1. The van der Waals surface area contributed by atoms with Crippen molar-refractivity contribution >= 4 is 17.3 Å². The molecule has 2 unspecified atom stereocenters. The van der Waals surface area contributed by atoms with E-state index in [2.05, 4.69) is 57.8 Å². The van der Waals surface area contributed by atoms with Crippen LogP contribution in [-0.4, -0.2) is 48.7 Å². The number of likely N-dealkylation sites (tertiary alicyclic amines) is 1. The number of hydrogen-bond acceptors (Lipinski definition) is 4. The fraction of sp³-hybridized carbons (Fsp3) is 0.500. The Labute approximate surface area is 172 Å². The third-order valence-electron chi connectivity index (χ3n) is 5.26. The van der Waals surface area contributed by atoms with Gasteiger partial charge in [0.05, 0.1) is 12.6 Å². The monoisotopic (exact) mass is 400 g/mol. The number of aliphatic imine (C=N–C) groups is 1. The number of rotatable bonds is 8. The fourth-order valence-corrected chi connectivity index (χ4v) is 4.40. The van der Waals surface area contributed by atoms with Gasteiger partial charge in [0.15, 0.2) is 5.96 Å². The summed E-state index contributed by atoms with van der Waals surface area (Å²) in [6.45, 7) is 8.05. The summed E-state index contributed by atoms with van der Waals surface area (Å²) in [6, 6.07) is 13.0. The Kier molecular flexibility index (Phi) is 7.48. The lowest BCUT2D eigenvalue weighted by Crippen LogP contribution is -2.43. The largest absolute Gasteiger partial charge is 0.383 e. The van der Waals surface area contributed by atoms with Crippen molar-refractivity contribution in [3.8, 4) is 0 Å². The number of nitrogens with one attached hydrogen (secondary N) is 2. The van der Waals surface area contributed by atoms with Crippen molar-refractivity contribution in [2.45, 2.75) is 38.3 Å². The van der Waals surface area contributed by atoms with Gasteiger partial charge in [-0.15, -0.1) is 0 Å². The van der Waals surface area contributed by atoms with E-state index in [4.69, 9.17) is 0 Å². The lowest BCUT2D eigenvalue weighted by molar-refractivity contribution is 0.0677. The highest BCUT2D eigenvalue weighted by molar-refractivity contribution is 7.08. The van der Waals surface area contributed by atoms with Gasteiger partial charge in [0, 0.05) is 13.1 Å². The Morgan fingerprint density at radius 1 is 1.21 bits per heavy atom. The van der Waals surface area contributed by atoms with Crippen LogP contribution < -0.4 is 10.6 Å². The summed E-state index contributed by atoms with van der Waals surface area (Å²) in [5.41, 5.74) is 1.28. The first kappa shape index (κ1) is 20.8. The lowest BCUT2D eigenvalue weighted by atomic mass is 10.00. The Bertz CT molecular complexity index is 724. The maximum Gasteiger partial charge on any atom is 0.191 e. The molecule has 152 valence electrons. The number of benzene rings is 1. The molecule has 0 spiro atoms. The second-order valence-corrected chi connectivity index (χ2v) is 8.31. The van der Waals surface area contributed by atoms with E-state index in [0.717, 1.165) is 37.7 Å². The van der Waals surface area contributed by atoms with Crippen LogP contribution in [0, 0.1) is 0 Å². The molecule has 28 heavy (non-hydrogen) atoms. The topological polar surface area (TPSA) is 59.9 Å². The van der Waals surface area contributed by atoms with Crippen LogP contribution in [0.5, 0.6) is 0 Å². The van der Waals surface area contributed by atoms with Crippen LogP contribution in [0.25, 0.3) is 0 Å². The summed E-state index contributed by atoms with van der Waals surface area (Å²) in [5.74, 6) is 0.748. The molecule has 0 bridgehead atoms. The van der Waals surface area contributed by atoms with E-state index in [1.165, 1.54) is 18.4 Å². The van der Waals surface area contributed by atoms with Crippen LogP contribution >= 0.6 is 11.3 Å². The molecule has 2 heterocycles. The molecule has 1 fully saturated rings. The minimum atomic E-state index is -0.962. The molecule has 2 aromatic rings. The standard InChI is InChI=1S/C22H32N4OS/c1-3-23-21(25-17-22(2,27)19-11-14-28-16-19)24-15-20(26-12-7-8-13-26)18-9-5-4-6-10-18/h4-6,9-11,14,16,20,27H,3,7-8,12-13,15,17H2,1-2H3,(H2,23,24,25). The SMILES string of the molecule is CCNC(=NCC(C)(O)c1ccsc1)NCC(c1ccccc1)N1CCCC1.